The number of rotatable bonds is 6. The largest absolute Gasteiger partial charge is 0.345 e. The minimum absolute atomic E-state index is 0.110. The zero-order valence-electron chi connectivity index (χ0n) is 21.8. The molecule has 194 valence electrons. The number of aromatic amines is 1. The molecule has 1 saturated carbocycles. The number of H-pyrrole nitrogens is 1. The average Bonchev–Trinajstić information content (AvgIpc) is 3.32. The van der Waals surface area contributed by atoms with Gasteiger partial charge in [0, 0.05) is 47.6 Å². The summed E-state index contributed by atoms with van der Waals surface area (Å²) in [7, 11) is 0. The van der Waals surface area contributed by atoms with E-state index in [4.69, 9.17) is 4.98 Å². The van der Waals surface area contributed by atoms with Crippen LogP contribution < -0.4 is 5.56 Å². The summed E-state index contributed by atoms with van der Waals surface area (Å²) < 4.78 is 5.17. The Balaban J connectivity index is 1.43. The second-order valence-corrected chi connectivity index (χ2v) is 10.2. The van der Waals surface area contributed by atoms with Crippen molar-refractivity contribution in [3.8, 4) is 28.7 Å². The lowest BCUT2D eigenvalue weighted by molar-refractivity contribution is 0.695. The molecule has 1 aliphatic carbocycles. The van der Waals surface area contributed by atoms with E-state index in [0.29, 0.717) is 34.6 Å². The molecule has 0 amide bonds. The lowest BCUT2D eigenvalue weighted by atomic mass is 9.98. The van der Waals surface area contributed by atoms with Gasteiger partial charge in [0.25, 0.3) is 5.56 Å². The van der Waals surface area contributed by atoms with Crippen LogP contribution in [-0.2, 0) is 0 Å². The predicted molar refractivity (Wildman–Crippen MR) is 146 cm³/mol. The maximum absolute atomic E-state index is 14.1. The molecule has 1 aromatic carbocycles. The normalized spacial score (nSPS) is 13.5. The van der Waals surface area contributed by atoms with E-state index in [9.17, 15) is 4.79 Å². The molecule has 5 aromatic heterocycles. The molecule has 11 heteroatoms. The monoisotopic (exact) mass is 518 g/mol. The molecule has 11 nitrogen and oxygen atoms in total. The van der Waals surface area contributed by atoms with E-state index >= 15 is 0 Å². The van der Waals surface area contributed by atoms with E-state index in [2.05, 4.69) is 43.6 Å². The van der Waals surface area contributed by atoms with E-state index in [1.54, 1.807) is 33.9 Å². The Bertz CT molecular complexity index is 1890. The van der Waals surface area contributed by atoms with E-state index in [1.165, 1.54) is 12.8 Å². The second-order valence-electron chi connectivity index (χ2n) is 10.2. The molecule has 7 rings (SSSR count). The van der Waals surface area contributed by atoms with Gasteiger partial charge >= 0.3 is 0 Å². The molecule has 0 unspecified atom stereocenters. The van der Waals surface area contributed by atoms with Crippen LogP contribution in [0.2, 0.25) is 0 Å². The first-order valence-corrected chi connectivity index (χ1v) is 13.0. The maximum Gasteiger partial charge on any atom is 0.264 e. The first-order chi connectivity index (χ1) is 19.0. The van der Waals surface area contributed by atoms with Gasteiger partial charge in [-0.05, 0) is 60.0 Å². The van der Waals surface area contributed by atoms with E-state index in [-0.39, 0.29) is 11.5 Å². The lowest BCUT2D eigenvalue weighted by Crippen LogP contribution is -2.20. The standard InChI is InChI=1S/C28H26N10O/c1-16(2)27-33-34-35-38(27)24-6-4-5-23(32-24)37-12-9-19-20(28(37)39)13-22(17(3)25(19)26-29-10-11-30-26)36-14-21(31-15-36)18-7-8-18/h4-6,9-16,18H,7-8H2,1-3H3,(H,29,30). The van der Waals surface area contributed by atoms with Crippen LogP contribution in [0.3, 0.4) is 0 Å². The fraction of sp³-hybridized carbons (Fsp3) is 0.250. The quantitative estimate of drug-likeness (QED) is 0.349. The van der Waals surface area contributed by atoms with Gasteiger partial charge in [0.2, 0.25) is 0 Å². The fourth-order valence-electron chi connectivity index (χ4n) is 5.08. The highest BCUT2D eigenvalue weighted by Crippen LogP contribution is 2.40. The first kappa shape index (κ1) is 23.2. The topological polar surface area (TPSA) is 125 Å². The van der Waals surface area contributed by atoms with Crippen LogP contribution in [0.15, 0.2) is 66.2 Å². The van der Waals surface area contributed by atoms with Gasteiger partial charge in [0.15, 0.2) is 11.6 Å². The maximum atomic E-state index is 14.1. The number of imidazole rings is 2. The molecule has 0 radical (unpaired) electrons. The summed E-state index contributed by atoms with van der Waals surface area (Å²) in [6.07, 6.45) is 11.5. The summed E-state index contributed by atoms with van der Waals surface area (Å²) in [4.78, 5) is 31.2. The molecule has 1 fully saturated rings. The lowest BCUT2D eigenvalue weighted by Gasteiger charge is -2.16. The third kappa shape index (κ3) is 3.85. The number of tetrazole rings is 1. The van der Waals surface area contributed by atoms with E-state index in [1.807, 2.05) is 49.0 Å². The van der Waals surface area contributed by atoms with Gasteiger partial charge in [0.1, 0.15) is 11.6 Å². The van der Waals surface area contributed by atoms with Crippen LogP contribution in [0.4, 0.5) is 0 Å². The highest BCUT2D eigenvalue weighted by molar-refractivity contribution is 5.98. The van der Waals surface area contributed by atoms with E-state index in [0.717, 1.165) is 27.9 Å². The summed E-state index contributed by atoms with van der Waals surface area (Å²) >= 11 is 0. The second kappa shape index (κ2) is 8.83. The molecule has 1 aliphatic rings. The van der Waals surface area contributed by atoms with Crippen LogP contribution in [0, 0.1) is 6.92 Å². The number of pyridine rings is 2. The molecular weight excluding hydrogens is 492 g/mol. The third-order valence-corrected chi connectivity index (χ3v) is 7.24. The minimum atomic E-state index is -0.186. The van der Waals surface area contributed by atoms with Crippen molar-refractivity contribution in [2.24, 2.45) is 0 Å². The molecule has 1 N–H and O–H groups in total. The first-order valence-electron chi connectivity index (χ1n) is 13.0. The number of fused-ring (bicyclic) bond motifs is 1. The molecular formula is C28H26N10O. The van der Waals surface area contributed by atoms with Crippen LogP contribution in [0.25, 0.3) is 39.5 Å². The Morgan fingerprint density at radius 1 is 1.08 bits per heavy atom. The van der Waals surface area contributed by atoms with Crippen molar-refractivity contribution in [2.45, 2.75) is 45.4 Å². The average molecular weight is 519 g/mol. The van der Waals surface area contributed by atoms with Gasteiger partial charge in [-0.2, -0.15) is 4.68 Å². The predicted octanol–water partition coefficient (Wildman–Crippen LogP) is 4.25. The van der Waals surface area contributed by atoms with Gasteiger partial charge in [-0.25, -0.2) is 15.0 Å². The summed E-state index contributed by atoms with van der Waals surface area (Å²) in [5.74, 6) is 3.06. The number of aromatic nitrogens is 10. The SMILES string of the molecule is Cc1c(-n2cnc(C3CC3)c2)cc2c(=O)n(-c3cccc(-n4nnnc4C(C)C)n3)ccc2c1-c1ncc[nH]1. The van der Waals surface area contributed by atoms with Crippen LogP contribution in [0.5, 0.6) is 0 Å². The Morgan fingerprint density at radius 2 is 1.92 bits per heavy atom. The molecule has 0 bridgehead atoms. The van der Waals surface area contributed by atoms with Gasteiger partial charge in [-0.1, -0.05) is 19.9 Å². The van der Waals surface area contributed by atoms with Crippen molar-refractivity contribution in [3.63, 3.8) is 0 Å². The minimum Gasteiger partial charge on any atom is -0.345 e. The van der Waals surface area contributed by atoms with Gasteiger partial charge in [0.05, 0.1) is 23.1 Å². The van der Waals surface area contributed by atoms with Crippen LogP contribution in [0.1, 0.15) is 55.6 Å². The zero-order valence-corrected chi connectivity index (χ0v) is 21.8. The smallest absolute Gasteiger partial charge is 0.264 e. The number of nitrogens with zero attached hydrogens (tertiary/aromatic N) is 9. The summed E-state index contributed by atoms with van der Waals surface area (Å²) in [6, 6.07) is 9.36. The van der Waals surface area contributed by atoms with Crippen LogP contribution >= 0.6 is 0 Å². The highest BCUT2D eigenvalue weighted by Gasteiger charge is 2.26. The molecule has 39 heavy (non-hydrogen) atoms. The fourth-order valence-corrected chi connectivity index (χ4v) is 5.08. The van der Waals surface area contributed by atoms with Gasteiger partial charge in [-0.15, -0.1) is 5.10 Å². The molecule has 0 saturated heterocycles. The van der Waals surface area contributed by atoms with Crippen molar-refractivity contribution in [1.82, 2.24) is 49.3 Å². The number of hydrogen-bond acceptors (Lipinski definition) is 7. The Kier molecular flexibility index (Phi) is 5.25. The highest BCUT2D eigenvalue weighted by atomic mass is 16.1. The molecule has 5 heterocycles. The summed E-state index contributed by atoms with van der Waals surface area (Å²) in [5.41, 5.74) is 3.68. The van der Waals surface area contributed by atoms with E-state index < -0.39 is 0 Å². The van der Waals surface area contributed by atoms with Crippen molar-refractivity contribution >= 4 is 10.8 Å². The van der Waals surface area contributed by atoms with Crippen molar-refractivity contribution < 1.29 is 0 Å². The van der Waals surface area contributed by atoms with Gasteiger partial charge < -0.3 is 9.55 Å². The Labute approximate surface area is 223 Å². The Hall–Kier alpha value is -4.93. The molecule has 6 aromatic rings. The van der Waals surface area contributed by atoms with Crippen LogP contribution in [-0.4, -0.2) is 49.3 Å². The molecule has 0 spiro atoms. The Morgan fingerprint density at radius 3 is 2.69 bits per heavy atom. The summed E-state index contributed by atoms with van der Waals surface area (Å²) in [6.45, 7) is 6.09. The third-order valence-electron chi connectivity index (χ3n) is 7.24. The number of benzene rings is 1. The molecule has 0 atom stereocenters. The number of nitrogens with one attached hydrogen (secondary N) is 1. The van der Waals surface area contributed by atoms with Crippen molar-refractivity contribution in [3.05, 3.63) is 88.9 Å². The van der Waals surface area contributed by atoms with Crippen molar-refractivity contribution in [1.29, 1.82) is 0 Å². The van der Waals surface area contributed by atoms with Crippen molar-refractivity contribution in [2.75, 3.05) is 0 Å². The number of hydrogen-bond donors (Lipinski definition) is 1. The summed E-state index contributed by atoms with van der Waals surface area (Å²) in [5, 5.41) is 13.4. The van der Waals surface area contributed by atoms with Gasteiger partial charge in [-0.3, -0.25) is 9.36 Å². The zero-order chi connectivity index (χ0) is 26.7. The molecule has 0 aliphatic heterocycles.